The summed E-state index contributed by atoms with van der Waals surface area (Å²) < 4.78 is 0. The van der Waals surface area contributed by atoms with E-state index >= 15 is 0 Å². The number of hydrogen-bond donors (Lipinski definition) is 1. The smallest absolute Gasteiger partial charge is 0.225 e. The summed E-state index contributed by atoms with van der Waals surface area (Å²) in [5, 5.41) is 2.61. The molecule has 0 bridgehead atoms. The van der Waals surface area contributed by atoms with Gasteiger partial charge in [-0.25, -0.2) is 0 Å². The molecule has 1 fully saturated rings. The molecule has 1 rings (SSSR count). The van der Waals surface area contributed by atoms with Gasteiger partial charge in [0.1, 0.15) is 5.78 Å². The van der Waals surface area contributed by atoms with Crippen LogP contribution in [-0.4, -0.2) is 24.0 Å². The minimum Gasteiger partial charge on any atom is -0.349 e. The Bertz CT molecular complexity index is 328. The first-order valence-corrected chi connectivity index (χ1v) is 6.13. The van der Waals surface area contributed by atoms with Gasteiger partial charge < -0.3 is 5.32 Å². The third-order valence-corrected chi connectivity index (χ3v) is 3.03. The van der Waals surface area contributed by atoms with Crippen molar-refractivity contribution in [2.45, 2.75) is 46.5 Å². The Kier molecular flexibility index (Phi) is 4.43. The SMILES string of the molecule is CC(C)(C)C(=O)NCC(=O)C[C@@H]1CCCC1=O. The third-order valence-electron chi connectivity index (χ3n) is 3.03. The van der Waals surface area contributed by atoms with Crippen LogP contribution in [0.3, 0.4) is 0 Å². The predicted octanol–water partition coefficient (Wildman–Crippen LogP) is 1.48. The average Bonchev–Trinajstić information content (AvgIpc) is 2.59. The van der Waals surface area contributed by atoms with Crippen molar-refractivity contribution in [2.75, 3.05) is 6.54 Å². The highest BCUT2D eigenvalue weighted by Gasteiger charge is 2.27. The van der Waals surface area contributed by atoms with Crippen molar-refractivity contribution < 1.29 is 14.4 Å². The maximum Gasteiger partial charge on any atom is 0.225 e. The number of rotatable bonds is 4. The fourth-order valence-electron chi connectivity index (χ4n) is 1.89. The molecule has 0 aromatic rings. The molecule has 1 N–H and O–H groups in total. The second-order valence-corrected chi connectivity index (χ2v) is 5.73. The van der Waals surface area contributed by atoms with Crippen LogP contribution in [0.25, 0.3) is 0 Å². The molecule has 1 atom stereocenters. The molecule has 1 aliphatic carbocycles. The third kappa shape index (κ3) is 4.29. The molecule has 0 aromatic heterocycles. The standard InChI is InChI=1S/C13H21NO3/c1-13(2,3)12(17)14-8-10(15)7-9-5-4-6-11(9)16/h9H,4-8H2,1-3H3,(H,14,17)/t9-/m0/s1. The average molecular weight is 239 g/mol. The van der Waals surface area contributed by atoms with Crippen molar-refractivity contribution in [3.8, 4) is 0 Å². The molecule has 0 aromatic carbocycles. The lowest BCUT2D eigenvalue weighted by Crippen LogP contribution is -2.38. The second kappa shape index (κ2) is 5.43. The summed E-state index contributed by atoms with van der Waals surface area (Å²) in [7, 11) is 0. The van der Waals surface area contributed by atoms with Gasteiger partial charge in [-0.1, -0.05) is 20.8 Å². The van der Waals surface area contributed by atoms with Gasteiger partial charge in [-0.2, -0.15) is 0 Å². The molecule has 0 unspecified atom stereocenters. The van der Waals surface area contributed by atoms with Crippen LogP contribution in [0, 0.1) is 11.3 Å². The zero-order valence-electron chi connectivity index (χ0n) is 10.8. The van der Waals surface area contributed by atoms with E-state index < -0.39 is 5.41 Å². The summed E-state index contributed by atoms with van der Waals surface area (Å²) in [6.45, 7) is 5.44. The van der Waals surface area contributed by atoms with Crippen LogP contribution in [0.1, 0.15) is 46.5 Å². The Hall–Kier alpha value is -1.19. The first-order chi connectivity index (χ1) is 7.80. The van der Waals surface area contributed by atoms with Gasteiger partial charge in [0.15, 0.2) is 5.78 Å². The fraction of sp³-hybridized carbons (Fsp3) is 0.769. The van der Waals surface area contributed by atoms with Crippen LogP contribution in [0.4, 0.5) is 0 Å². The van der Waals surface area contributed by atoms with E-state index in [1.54, 1.807) is 20.8 Å². The van der Waals surface area contributed by atoms with E-state index in [2.05, 4.69) is 5.32 Å². The molecule has 1 aliphatic rings. The molecule has 4 nitrogen and oxygen atoms in total. The van der Waals surface area contributed by atoms with Crippen molar-refractivity contribution in [2.24, 2.45) is 11.3 Å². The molecule has 0 radical (unpaired) electrons. The van der Waals surface area contributed by atoms with Gasteiger partial charge in [0.25, 0.3) is 0 Å². The normalized spacial score (nSPS) is 20.4. The number of ketones is 2. The highest BCUT2D eigenvalue weighted by atomic mass is 16.2. The van der Waals surface area contributed by atoms with Gasteiger partial charge in [-0.3, -0.25) is 14.4 Å². The summed E-state index contributed by atoms with van der Waals surface area (Å²) >= 11 is 0. The van der Waals surface area contributed by atoms with E-state index in [-0.39, 0.29) is 36.4 Å². The van der Waals surface area contributed by atoms with Gasteiger partial charge in [-0.05, 0) is 12.8 Å². The van der Waals surface area contributed by atoms with Crippen LogP contribution >= 0.6 is 0 Å². The Labute approximate surface area is 102 Å². The number of Topliss-reactive ketones (excluding diaryl/α,β-unsaturated/α-hetero) is 2. The topological polar surface area (TPSA) is 63.2 Å². The summed E-state index contributed by atoms with van der Waals surface area (Å²) in [4.78, 5) is 34.5. The van der Waals surface area contributed by atoms with E-state index in [1.165, 1.54) is 0 Å². The van der Waals surface area contributed by atoms with Gasteiger partial charge in [-0.15, -0.1) is 0 Å². The second-order valence-electron chi connectivity index (χ2n) is 5.73. The Balaban J connectivity index is 2.31. The molecule has 1 saturated carbocycles. The van der Waals surface area contributed by atoms with E-state index in [0.717, 1.165) is 12.8 Å². The van der Waals surface area contributed by atoms with Crippen molar-refractivity contribution >= 4 is 17.5 Å². The van der Waals surface area contributed by atoms with Crippen LogP contribution in [0.15, 0.2) is 0 Å². The number of hydrogen-bond acceptors (Lipinski definition) is 3. The van der Waals surface area contributed by atoms with Crippen molar-refractivity contribution in [1.29, 1.82) is 0 Å². The molecule has 0 saturated heterocycles. The van der Waals surface area contributed by atoms with Gasteiger partial charge in [0.2, 0.25) is 5.91 Å². The number of carbonyl (C=O) groups excluding carboxylic acids is 3. The predicted molar refractivity (Wildman–Crippen MR) is 64.4 cm³/mol. The van der Waals surface area contributed by atoms with Crippen LogP contribution in [0.5, 0.6) is 0 Å². The van der Waals surface area contributed by atoms with Gasteiger partial charge >= 0.3 is 0 Å². The van der Waals surface area contributed by atoms with Crippen molar-refractivity contribution in [1.82, 2.24) is 5.32 Å². The largest absolute Gasteiger partial charge is 0.349 e. The fourth-order valence-corrected chi connectivity index (χ4v) is 1.89. The highest BCUT2D eigenvalue weighted by molar-refractivity contribution is 5.92. The molecule has 96 valence electrons. The van der Waals surface area contributed by atoms with E-state index in [9.17, 15) is 14.4 Å². The molecule has 4 heteroatoms. The lowest BCUT2D eigenvalue weighted by atomic mass is 9.95. The van der Waals surface area contributed by atoms with E-state index in [0.29, 0.717) is 6.42 Å². The molecular weight excluding hydrogens is 218 g/mol. The molecule has 0 aliphatic heterocycles. The molecule has 17 heavy (non-hydrogen) atoms. The maximum atomic E-state index is 11.6. The summed E-state index contributed by atoms with van der Waals surface area (Å²) in [6.07, 6.45) is 2.60. The minimum atomic E-state index is -0.483. The monoisotopic (exact) mass is 239 g/mol. The summed E-state index contributed by atoms with van der Waals surface area (Å²) in [6, 6.07) is 0. The van der Waals surface area contributed by atoms with Crippen LogP contribution < -0.4 is 5.32 Å². The number of nitrogens with one attached hydrogen (secondary N) is 1. The Morgan fingerprint density at radius 1 is 1.35 bits per heavy atom. The minimum absolute atomic E-state index is 0.0416. The van der Waals surface area contributed by atoms with Crippen molar-refractivity contribution in [3.63, 3.8) is 0 Å². The lowest BCUT2D eigenvalue weighted by molar-refractivity contribution is -0.131. The quantitative estimate of drug-likeness (QED) is 0.808. The van der Waals surface area contributed by atoms with Crippen molar-refractivity contribution in [3.05, 3.63) is 0 Å². The van der Waals surface area contributed by atoms with E-state index in [4.69, 9.17) is 0 Å². The number of carbonyl (C=O) groups is 3. The first-order valence-electron chi connectivity index (χ1n) is 6.13. The molecule has 0 heterocycles. The lowest BCUT2D eigenvalue weighted by Gasteiger charge is -2.17. The Morgan fingerprint density at radius 2 is 2.00 bits per heavy atom. The molecule has 0 spiro atoms. The van der Waals surface area contributed by atoms with Crippen LogP contribution in [0.2, 0.25) is 0 Å². The van der Waals surface area contributed by atoms with Gasteiger partial charge in [0.05, 0.1) is 6.54 Å². The maximum absolute atomic E-state index is 11.6. The highest BCUT2D eigenvalue weighted by Crippen LogP contribution is 2.24. The molecular formula is C13H21NO3. The number of amides is 1. The Morgan fingerprint density at radius 3 is 2.47 bits per heavy atom. The van der Waals surface area contributed by atoms with Crippen LogP contribution in [-0.2, 0) is 14.4 Å². The van der Waals surface area contributed by atoms with Gasteiger partial charge in [0, 0.05) is 24.2 Å². The van der Waals surface area contributed by atoms with E-state index in [1.807, 2.05) is 0 Å². The molecule has 1 amide bonds. The first kappa shape index (κ1) is 13.9. The zero-order chi connectivity index (χ0) is 13.1. The summed E-state index contributed by atoms with van der Waals surface area (Å²) in [5.74, 6) is -0.0963. The summed E-state index contributed by atoms with van der Waals surface area (Å²) in [5.41, 5.74) is -0.483. The zero-order valence-corrected chi connectivity index (χ0v) is 10.8.